The van der Waals surface area contributed by atoms with Crippen LogP contribution in [0.25, 0.3) is 0 Å². The average Bonchev–Trinajstić information content (AvgIpc) is 2.94. The molecule has 19 heavy (non-hydrogen) atoms. The Bertz CT molecular complexity index is 298. The molecule has 112 valence electrons. The quantitative estimate of drug-likeness (QED) is 0.323. The third-order valence-corrected chi connectivity index (χ3v) is 3.73. The van der Waals surface area contributed by atoms with E-state index in [1.54, 1.807) is 0 Å². The maximum Gasteiger partial charge on any atom is 0.191 e. The molecule has 2 aliphatic heterocycles. The van der Waals surface area contributed by atoms with Gasteiger partial charge in [0.1, 0.15) is 0 Å². The standard InChI is InChI=1S/C13H26N4O.HI/c1-14-13(15-7-4-8-17(2)3)16-11-9-10-5-6-12(11)18-10;/h10-12H,4-9H2,1-3H3,(H2,14,15,16);1H. The predicted octanol–water partition coefficient (Wildman–Crippen LogP) is 1.04. The summed E-state index contributed by atoms with van der Waals surface area (Å²) < 4.78 is 5.84. The highest BCUT2D eigenvalue weighted by Gasteiger charge is 2.40. The van der Waals surface area contributed by atoms with E-state index in [2.05, 4.69) is 34.6 Å². The number of rotatable bonds is 5. The Morgan fingerprint density at radius 1 is 1.37 bits per heavy atom. The number of halogens is 1. The van der Waals surface area contributed by atoms with Crippen molar-refractivity contribution in [1.82, 2.24) is 15.5 Å². The van der Waals surface area contributed by atoms with Crippen molar-refractivity contribution in [2.24, 2.45) is 4.99 Å². The smallest absolute Gasteiger partial charge is 0.191 e. The van der Waals surface area contributed by atoms with Gasteiger partial charge in [0.05, 0.1) is 18.2 Å². The summed E-state index contributed by atoms with van der Waals surface area (Å²) in [6.07, 6.45) is 5.57. The topological polar surface area (TPSA) is 48.9 Å². The molecule has 0 radical (unpaired) electrons. The predicted molar refractivity (Wildman–Crippen MR) is 89.4 cm³/mol. The first-order chi connectivity index (χ1) is 8.69. The zero-order valence-electron chi connectivity index (χ0n) is 12.2. The van der Waals surface area contributed by atoms with Gasteiger partial charge in [-0.2, -0.15) is 0 Å². The Morgan fingerprint density at radius 3 is 2.68 bits per heavy atom. The Hall–Kier alpha value is -0.0800. The van der Waals surface area contributed by atoms with Gasteiger partial charge in [-0.1, -0.05) is 0 Å². The normalized spacial score (nSPS) is 29.5. The highest BCUT2D eigenvalue weighted by Crippen LogP contribution is 2.34. The van der Waals surface area contributed by atoms with E-state index >= 15 is 0 Å². The molecule has 2 fully saturated rings. The van der Waals surface area contributed by atoms with E-state index in [9.17, 15) is 0 Å². The van der Waals surface area contributed by atoms with E-state index in [0.717, 1.165) is 31.9 Å². The Balaban J connectivity index is 0.00000180. The molecule has 2 aliphatic rings. The second kappa shape index (κ2) is 8.26. The van der Waals surface area contributed by atoms with Crippen LogP contribution < -0.4 is 10.6 Å². The molecule has 3 atom stereocenters. The van der Waals surface area contributed by atoms with Crippen LogP contribution in [0.2, 0.25) is 0 Å². The summed E-state index contributed by atoms with van der Waals surface area (Å²) in [7, 11) is 6.02. The van der Waals surface area contributed by atoms with Crippen LogP contribution in [0.4, 0.5) is 0 Å². The number of hydrogen-bond acceptors (Lipinski definition) is 3. The van der Waals surface area contributed by atoms with Gasteiger partial charge in [-0.3, -0.25) is 4.99 Å². The summed E-state index contributed by atoms with van der Waals surface area (Å²) in [5, 5.41) is 6.85. The molecule has 3 unspecified atom stereocenters. The lowest BCUT2D eigenvalue weighted by atomic mass is 9.96. The van der Waals surface area contributed by atoms with Crippen LogP contribution in [0.1, 0.15) is 25.7 Å². The minimum Gasteiger partial charge on any atom is -0.373 e. The summed E-state index contributed by atoms with van der Waals surface area (Å²) in [5.41, 5.74) is 0. The number of guanidine groups is 1. The summed E-state index contributed by atoms with van der Waals surface area (Å²) in [6.45, 7) is 2.06. The first-order valence-corrected chi connectivity index (χ1v) is 6.96. The van der Waals surface area contributed by atoms with Crippen LogP contribution >= 0.6 is 24.0 Å². The number of aliphatic imine (C=N–C) groups is 1. The molecular weight excluding hydrogens is 355 g/mol. The molecular formula is C13H27IN4O. The SMILES string of the molecule is CN=C(NCCCN(C)C)NC1CC2CCC1O2.I. The third-order valence-electron chi connectivity index (χ3n) is 3.73. The fourth-order valence-electron chi connectivity index (χ4n) is 2.76. The molecule has 5 nitrogen and oxygen atoms in total. The second-order valence-corrected chi connectivity index (χ2v) is 5.52. The summed E-state index contributed by atoms with van der Waals surface area (Å²) in [4.78, 5) is 6.47. The molecule has 0 amide bonds. The highest BCUT2D eigenvalue weighted by atomic mass is 127. The summed E-state index contributed by atoms with van der Waals surface area (Å²) in [6, 6.07) is 0.448. The zero-order chi connectivity index (χ0) is 13.0. The van der Waals surface area contributed by atoms with Crippen molar-refractivity contribution in [3.8, 4) is 0 Å². The van der Waals surface area contributed by atoms with Gasteiger partial charge < -0.3 is 20.3 Å². The van der Waals surface area contributed by atoms with Gasteiger partial charge in [-0.25, -0.2) is 0 Å². The van der Waals surface area contributed by atoms with E-state index in [1.807, 2.05) is 7.05 Å². The summed E-state index contributed by atoms with van der Waals surface area (Å²) in [5.74, 6) is 0.912. The van der Waals surface area contributed by atoms with Crippen LogP contribution in [0.3, 0.4) is 0 Å². The largest absolute Gasteiger partial charge is 0.373 e. The Kier molecular flexibility index (Phi) is 7.38. The first kappa shape index (κ1) is 17.0. The van der Waals surface area contributed by atoms with Crippen LogP contribution in [0, 0.1) is 0 Å². The highest BCUT2D eigenvalue weighted by molar-refractivity contribution is 14.0. The molecule has 0 aromatic carbocycles. The van der Waals surface area contributed by atoms with Crippen LogP contribution in [0.5, 0.6) is 0 Å². The monoisotopic (exact) mass is 382 g/mol. The molecule has 2 bridgehead atoms. The van der Waals surface area contributed by atoms with Crippen molar-refractivity contribution >= 4 is 29.9 Å². The van der Waals surface area contributed by atoms with Crippen LogP contribution in [-0.4, -0.2) is 63.3 Å². The molecule has 0 aromatic rings. The van der Waals surface area contributed by atoms with E-state index < -0.39 is 0 Å². The van der Waals surface area contributed by atoms with Crippen molar-refractivity contribution in [3.63, 3.8) is 0 Å². The van der Waals surface area contributed by atoms with Gasteiger partial charge in [-0.05, 0) is 46.3 Å². The van der Waals surface area contributed by atoms with Gasteiger partial charge in [0.15, 0.2) is 5.96 Å². The molecule has 0 aliphatic carbocycles. The van der Waals surface area contributed by atoms with Crippen molar-refractivity contribution in [1.29, 1.82) is 0 Å². The number of fused-ring (bicyclic) bond motifs is 2. The molecule has 2 N–H and O–H groups in total. The Labute approximate surface area is 133 Å². The molecule has 2 rings (SSSR count). The third kappa shape index (κ3) is 5.07. The lowest BCUT2D eigenvalue weighted by Gasteiger charge is -2.22. The van der Waals surface area contributed by atoms with E-state index in [-0.39, 0.29) is 24.0 Å². The van der Waals surface area contributed by atoms with E-state index in [4.69, 9.17) is 4.74 Å². The van der Waals surface area contributed by atoms with Crippen molar-refractivity contribution < 1.29 is 4.74 Å². The molecule has 2 saturated heterocycles. The summed E-state index contributed by atoms with van der Waals surface area (Å²) >= 11 is 0. The fourth-order valence-corrected chi connectivity index (χ4v) is 2.76. The molecule has 6 heteroatoms. The van der Waals surface area contributed by atoms with Crippen LogP contribution in [-0.2, 0) is 4.74 Å². The average molecular weight is 382 g/mol. The number of hydrogen-bond donors (Lipinski definition) is 2. The Morgan fingerprint density at radius 2 is 2.16 bits per heavy atom. The lowest BCUT2D eigenvalue weighted by Crippen LogP contribution is -2.47. The second-order valence-electron chi connectivity index (χ2n) is 5.52. The van der Waals surface area contributed by atoms with Gasteiger partial charge in [0, 0.05) is 13.6 Å². The minimum atomic E-state index is 0. The van der Waals surface area contributed by atoms with E-state index in [0.29, 0.717) is 18.2 Å². The maximum absolute atomic E-state index is 5.84. The first-order valence-electron chi connectivity index (χ1n) is 6.96. The van der Waals surface area contributed by atoms with Crippen molar-refractivity contribution in [2.45, 2.75) is 43.9 Å². The van der Waals surface area contributed by atoms with Gasteiger partial charge >= 0.3 is 0 Å². The van der Waals surface area contributed by atoms with Crippen molar-refractivity contribution in [2.75, 3.05) is 34.2 Å². The number of nitrogens with zero attached hydrogens (tertiary/aromatic N) is 2. The molecule has 0 saturated carbocycles. The zero-order valence-corrected chi connectivity index (χ0v) is 14.5. The fraction of sp³-hybridized carbons (Fsp3) is 0.923. The van der Waals surface area contributed by atoms with E-state index in [1.165, 1.54) is 12.8 Å². The van der Waals surface area contributed by atoms with Gasteiger partial charge in [0.2, 0.25) is 0 Å². The van der Waals surface area contributed by atoms with Gasteiger partial charge in [-0.15, -0.1) is 24.0 Å². The van der Waals surface area contributed by atoms with Crippen LogP contribution in [0.15, 0.2) is 4.99 Å². The number of nitrogens with one attached hydrogen (secondary N) is 2. The van der Waals surface area contributed by atoms with Crippen molar-refractivity contribution in [3.05, 3.63) is 0 Å². The molecule has 0 spiro atoms. The van der Waals surface area contributed by atoms with Gasteiger partial charge in [0.25, 0.3) is 0 Å². The minimum absolute atomic E-state index is 0. The molecule has 0 aromatic heterocycles. The maximum atomic E-state index is 5.84. The molecule has 2 heterocycles. The lowest BCUT2D eigenvalue weighted by molar-refractivity contribution is 0.0992. The number of ether oxygens (including phenoxy) is 1.